The molecule has 1 atom stereocenters. The molecule has 0 radical (unpaired) electrons. The summed E-state index contributed by atoms with van der Waals surface area (Å²) >= 11 is 5.66. The maximum atomic E-state index is 13.2. The molecule has 86 valence electrons. The van der Waals surface area contributed by atoms with E-state index < -0.39 is 5.82 Å². The predicted octanol–water partition coefficient (Wildman–Crippen LogP) is 2.87. The Morgan fingerprint density at radius 3 is 2.94 bits per heavy atom. The van der Waals surface area contributed by atoms with Gasteiger partial charge in [-0.05, 0) is 12.5 Å². The topological polar surface area (TPSA) is 41.1 Å². The number of benzene rings is 1. The van der Waals surface area contributed by atoms with Gasteiger partial charge in [0, 0.05) is 12.6 Å². The number of fused-ring (bicyclic) bond motifs is 1. The summed E-state index contributed by atoms with van der Waals surface area (Å²) < 4.78 is 13.2. The van der Waals surface area contributed by atoms with E-state index in [0.29, 0.717) is 17.9 Å². The quantitative estimate of drug-likeness (QED) is 0.795. The highest BCUT2D eigenvalue weighted by molar-refractivity contribution is 6.31. The van der Waals surface area contributed by atoms with Crippen LogP contribution in [0.3, 0.4) is 0 Å². The molecule has 1 heterocycles. The van der Waals surface area contributed by atoms with Gasteiger partial charge in [0.15, 0.2) is 0 Å². The van der Waals surface area contributed by atoms with Crippen molar-refractivity contribution >= 4 is 28.9 Å². The smallest absolute Gasteiger partial charge is 0.229 e. The van der Waals surface area contributed by atoms with Crippen LogP contribution in [0.2, 0.25) is 5.02 Å². The third-order valence-electron chi connectivity index (χ3n) is 2.72. The number of hydrogen-bond donors (Lipinski definition) is 2. The van der Waals surface area contributed by atoms with Crippen molar-refractivity contribution in [3.8, 4) is 0 Å². The standard InChI is InChI=1S/C11H12ClFN2O/c1-2-6-5-14-9-4-8(13)7(12)3-10(9)15-11(6)16/h3-4,6,14H,2,5H2,1H3,(H,15,16). The fraction of sp³-hybridized carbons (Fsp3) is 0.364. The van der Waals surface area contributed by atoms with Crippen LogP contribution >= 0.6 is 11.6 Å². The molecule has 1 aromatic carbocycles. The first-order chi connectivity index (χ1) is 7.61. The summed E-state index contributed by atoms with van der Waals surface area (Å²) in [7, 11) is 0. The van der Waals surface area contributed by atoms with Crippen molar-refractivity contribution in [3.05, 3.63) is 23.0 Å². The molecule has 0 spiro atoms. The van der Waals surface area contributed by atoms with Gasteiger partial charge in [0.2, 0.25) is 5.91 Å². The minimum absolute atomic E-state index is 0.01000. The largest absolute Gasteiger partial charge is 0.382 e. The molecule has 2 N–H and O–H groups in total. The minimum Gasteiger partial charge on any atom is -0.382 e. The Labute approximate surface area is 98.0 Å². The summed E-state index contributed by atoms with van der Waals surface area (Å²) in [5.74, 6) is -0.650. The van der Waals surface area contributed by atoms with Gasteiger partial charge in [-0.15, -0.1) is 0 Å². The summed E-state index contributed by atoms with van der Waals surface area (Å²) in [6.07, 6.45) is 0.739. The second-order valence-corrected chi connectivity index (χ2v) is 4.19. The molecule has 16 heavy (non-hydrogen) atoms. The Hall–Kier alpha value is -1.29. The van der Waals surface area contributed by atoms with Crippen LogP contribution in [0.15, 0.2) is 12.1 Å². The van der Waals surface area contributed by atoms with Crippen molar-refractivity contribution in [2.24, 2.45) is 5.92 Å². The molecule has 3 nitrogen and oxygen atoms in total. The van der Waals surface area contributed by atoms with Crippen molar-refractivity contribution in [3.63, 3.8) is 0 Å². The maximum absolute atomic E-state index is 13.2. The van der Waals surface area contributed by atoms with E-state index >= 15 is 0 Å². The van der Waals surface area contributed by atoms with Crippen LogP contribution in [0.1, 0.15) is 13.3 Å². The van der Waals surface area contributed by atoms with Crippen LogP contribution in [0.4, 0.5) is 15.8 Å². The third kappa shape index (κ3) is 1.97. The number of nitrogens with one attached hydrogen (secondary N) is 2. The lowest BCUT2D eigenvalue weighted by atomic mass is 10.1. The fourth-order valence-electron chi connectivity index (χ4n) is 1.69. The second kappa shape index (κ2) is 4.29. The number of carbonyl (C=O) groups excluding carboxylic acids is 1. The van der Waals surface area contributed by atoms with E-state index in [-0.39, 0.29) is 16.8 Å². The first kappa shape index (κ1) is 11.2. The molecule has 1 amide bonds. The lowest BCUT2D eigenvalue weighted by molar-refractivity contribution is -0.119. The highest BCUT2D eigenvalue weighted by Gasteiger charge is 2.22. The predicted molar refractivity (Wildman–Crippen MR) is 62.3 cm³/mol. The summed E-state index contributed by atoms with van der Waals surface area (Å²) in [5.41, 5.74) is 1.11. The molecule has 0 aliphatic carbocycles. The Bertz CT molecular complexity index is 436. The van der Waals surface area contributed by atoms with Crippen LogP contribution < -0.4 is 10.6 Å². The molecule has 1 unspecified atom stereocenters. The fourth-order valence-corrected chi connectivity index (χ4v) is 1.85. The monoisotopic (exact) mass is 242 g/mol. The Kier molecular flexibility index (Phi) is 3.01. The first-order valence-corrected chi connectivity index (χ1v) is 5.53. The van der Waals surface area contributed by atoms with E-state index in [2.05, 4.69) is 10.6 Å². The Morgan fingerprint density at radius 2 is 2.25 bits per heavy atom. The molecule has 0 aromatic heterocycles. The normalized spacial score (nSPS) is 19.4. The number of rotatable bonds is 1. The summed E-state index contributed by atoms with van der Waals surface area (Å²) in [6, 6.07) is 2.73. The average molecular weight is 243 g/mol. The van der Waals surface area contributed by atoms with Crippen LogP contribution in [-0.2, 0) is 4.79 Å². The first-order valence-electron chi connectivity index (χ1n) is 5.15. The van der Waals surface area contributed by atoms with Gasteiger partial charge in [-0.25, -0.2) is 4.39 Å². The average Bonchev–Trinajstić information content (AvgIpc) is 2.38. The van der Waals surface area contributed by atoms with Gasteiger partial charge in [0.05, 0.1) is 22.3 Å². The van der Waals surface area contributed by atoms with Crippen LogP contribution in [0.25, 0.3) is 0 Å². The number of halogens is 2. The zero-order valence-electron chi connectivity index (χ0n) is 8.81. The van der Waals surface area contributed by atoms with Crippen molar-refractivity contribution < 1.29 is 9.18 Å². The number of anilines is 2. The molecular weight excluding hydrogens is 231 g/mol. The van der Waals surface area contributed by atoms with E-state index in [1.54, 1.807) is 0 Å². The van der Waals surface area contributed by atoms with Gasteiger partial charge in [-0.2, -0.15) is 0 Å². The van der Waals surface area contributed by atoms with Gasteiger partial charge in [0.1, 0.15) is 5.82 Å². The third-order valence-corrected chi connectivity index (χ3v) is 3.01. The molecule has 5 heteroatoms. The summed E-state index contributed by atoms with van der Waals surface area (Å²) in [6.45, 7) is 2.45. The van der Waals surface area contributed by atoms with E-state index in [9.17, 15) is 9.18 Å². The second-order valence-electron chi connectivity index (χ2n) is 3.79. The Morgan fingerprint density at radius 1 is 1.50 bits per heavy atom. The molecule has 1 aliphatic rings. The molecule has 2 rings (SSSR count). The van der Waals surface area contributed by atoms with Gasteiger partial charge in [-0.3, -0.25) is 4.79 Å². The lowest BCUT2D eigenvalue weighted by Gasteiger charge is -2.09. The van der Waals surface area contributed by atoms with Gasteiger partial charge < -0.3 is 10.6 Å². The number of amides is 1. The minimum atomic E-state index is -0.489. The molecule has 0 saturated heterocycles. The van der Waals surface area contributed by atoms with Crippen molar-refractivity contribution in [1.29, 1.82) is 0 Å². The van der Waals surface area contributed by atoms with E-state index in [0.717, 1.165) is 6.42 Å². The zero-order valence-corrected chi connectivity index (χ0v) is 9.57. The maximum Gasteiger partial charge on any atom is 0.229 e. The van der Waals surface area contributed by atoms with Gasteiger partial charge in [-0.1, -0.05) is 18.5 Å². The summed E-state index contributed by atoms with van der Waals surface area (Å²) in [5, 5.41) is 5.79. The van der Waals surface area contributed by atoms with Crippen LogP contribution in [0, 0.1) is 11.7 Å². The van der Waals surface area contributed by atoms with Crippen molar-refractivity contribution in [2.45, 2.75) is 13.3 Å². The van der Waals surface area contributed by atoms with Crippen LogP contribution in [0.5, 0.6) is 0 Å². The van der Waals surface area contributed by atoms with Crippen molar-refractivity contribution in [1.82, 2.24) is 0 Å². The molecule has 1 aliphatic heterocycles. The summed E-state index contributed by atoms with van der Waals surface area (Å²) in [4.78, 5) is 11.7. The van der Waals surface area contributed by atoms with E-state index in [4.69, 9.17) is 11.6 Å². The van der Waals surface area contributed by atoms with E-state index in [1.165, 1.54) is 12.1 Å². The van der Waals surface area contributed by atoms with Gasteiger partial charge in [0.25, 0.3) is 0 Å². The molecule has 0 saturated carbocycles. The highest BCUT2D eigenvalue weighted by atomic mass is 35.5. The molecular formula is C11H12ClFN2O. The number of hydrogen-bond acceptors (Lipinski definition) is 2. The molecule has 0 bridgehead atoms. The molecule has 0 fully saturated rings. The van der Waals surface area contributed by atoms with Gasteiger partial charge >= 0.3 is 0 Å². The Balaban J connectivity index is 2.37. The lowest BCUT2D eigenvalue weighted by Crippen LogP contribution is -2.24. The van der Waals surface area contributed by atoms with Crippen LogP contribution in [-0.4, -0.2) is 12.5 Å². The highest BCUT2D eigenvalue weighted by Crippen LogP contribution is 2.31. The van der Waals surface area contributed by atoms with Crippen molar-refractivity contribution in [2.75, 3.05) is 17.2 Å². The zero-order chi connectivity index (χ0) is 11.7. The number of carbonyl (C=O) groups is 1. The molecule has 1 aromatic rings. The SMILES string of the molecule is CCC1CNc2cc(F)c(Cl)cc2NC1=O. The van der Waals surface area contributed by atoms with E-state index in [1.807, 2.05) is 6.92 Å².